The molecule has 0 spiro atoms. The van der Waals surface area contributed by atoms with Crippen molar-refractivity contribution in [2.45, 2.75) is 111 Å². The molecule has 1 N–H and O–H groups in total. The highest BCUT2D eigenvalue weighted by atomic mass is 14.8. The monoisotopic (exact) mass is 297 g/mol. The minimum absolute atomic E-state index is 0.896. The summed E-state index contributed by atoms with van der Waals surface area (Å²) in [5.41, 5.74) is 0. The van der Waals surface area contributed by atoms with Gasteiger partial charge in [-0.15, -0.1) is 0 Å². The van der Waals surface area contributed by atoms with Gasteiger partial charge in [0.15, 0.2) is 0 Å². The van der Waals surface area contributed by atoms with Crippen LogP contribution >= 0.6 is 0 Å². The maximum absolute atomic E-state index is 3.40. The fourth-order valence-electron chi connectivity index (χ4n) is 2.92. The molecule has 0 aromatic rings. The van der Waals surface area contributed by atoms with Crippen LogP contribution in [0.4, 0.5) is 0 Å². The van der Waals surface area contributed by atoms with E-state index < -0.39 is 0 Å². The van der Waals surface area contributed by atoms with Crippen LogP contribution in [0.1, 0.15) is 111 Å². The molecule has 21 heavy (non-hydrogen) atoms. The van der Waals surface area contributed by atoms with Gasteiger partial charge in [0.05, 0.1) is 0 Å². The highest BCUT2D eigenvalue weighted by Crippen LogP contribution is 2.14. The SMILES string of the molecule is CCNCCCCCCCCCCCCCCCC(C)C. The minimum atomic E-state index is 0.896. The largest absolute Gasteiger partial charge is 0.317 e. The van der Waals surface area contributed by atoms with Crippen LogP contribution in [-0.2, 0) is 0 Å². The lowest BCUT2D eigenvalue weighted by molar-refractivity contribution is 0.502. The molecule has 0 atom stereocenters. The summed E-state index contributed by atoms with van der Waals surface area (Å²) in [4.78, 5) is 0. The summed E-state index contributed by atoms with van der Waals surface area (Å²) >= 11 is 0. The van der Waals surface area contributed by atoms with Crippen LogP contribution in [0.3, 0.4) is 0 Å². The van der Waals surface area contributed by atoms with E-state index in [4.69, 9.17) is 0 Å². The van der Waals surface area contributed by atoms with E-state index in [1.165, 1.54) is 96.4 Å². The number of hydrogen-bond donors (Lipinski definition) is 1. The summed E-state index contributed by atoms with van der Waals surface area (Å²) in [6, 6.07) is 0. The molecule has 0 saturated carbocycles. The van der Waals surface area contributed by atoms with Crippen LogP contribution in [0, 0.1) is 5.92 Å². The van der Waals surface area contributed by atoms with E-state index >= 15 is 0 Å². The molecule has 0 aliphatic heterocycles. The fourth-order valence-corrected chi connectivity index (χ4v) is 2.92. The predicted molar refractivity (Wildman–Crippen MR) is 98.0 cm³/mol. The quantitative estimate of drug-likeness (QED) is 0.294. The van der Waals surface area contributed by atoms with Crippen LogP contribution < -0.4 is 5.32 Å². The third kappa shape index (κ3) is 20.0. The first-order valence-corrected chi connectivity index (χ1v) is 9.98. The van der Waals surface area contributed by atoms with Crippen molar-refractivity contribution in [3.63, 3.8) is 0 Å². The minimum Gasteiger partial charge on any atom is -0.317 e. The Bertz CT molecular complexity index is 177. The van der Waals surface area contributed by atoms with E-state index in [1.54, 1.807) is 0 Å². The van der Waals surface area contributed by atoms with Crippen molar-refractivity contribution < 1.29 is 0 Å². The van der Waals surface area contributed by atoms with E-state index in [0.29, 0.717) is 0 Å². The van der Waals surface area contributed by atoms with Crippen molar-refractivity contribution in [3.8, 4) is 0 Å². The predicted octanol–water partition coefficient (Wildman–Crippen LogP) is 6.71. The zero-order valence-corrected chi connectivity index (χ0v) is 15.4. The van der Waals surface area contributed by atoms with Gasteiger partial charge < -0.3 is 5.32 Å². The third-order valence-electron chi connectivity index (χ3n) is 4.39. The molecule has 0 bridgehead atoms. The van der Waals surface area contributed by atoms with Gasteiger partial charge in [0, 0.05) is 0 Å². The Hall–Kier alpha value is -0.0400. The second-order valence-electron chi connectivity index (χ2n) is 7.13. The first-order valence-electron chi connectivity index (χ1n) is 9.98. The number of nitrogens with one attached hydrogen (secondary N) is 1. The maximum Gasteiger partial charge on any atom is -0.00490 e. The summed E-state index contributed by atoms with van der Waals surface area (Å²) in [6.45, 7) is 9.20. The van der Waals surface area contributed by atoms with Crippen molar-refractivity contribution in [2.75, 3.05) is 13.1 Å². The van der Waals surface area contributed by atoms with Crippen molar-refractivity contribution >= 4 is 0 Å². The van der Waals surface area contributed by atoms with Gasteiger partial charge in [-0.2, -0.15) is 0 Å². The maximum atomic E-state index is 3.40. The molecule has 1 nitrogen and oxygen atoms in total. The summed E-state index contributed by atoms with van der Waals surface area (Å²) in [7, 11) is 0. The zero-order valence-electron chi connectivity index (χ0n) is 15.4. The Balaban J connectivity index is 2.93. The van der Waals surface area contributed by atoms with Gasteiger partial charge in [-0.25, -0.2) is 0 Å². The smallest absolute Gasteiger partial charge is 0.00490 e. The number of unbranched alkanes of at least 4 members (excludes halogenated alkanes) is 12. The molecule has 0 aromatic carbocycles. The van der Waals surface area contributed by atoms with Gasteiger partial charge in [0.1, 0.15) is 0 Å². The lowest BCUT2D eigenvalue weighted by Gasteiger charge is -2.05. The fraction of sp³-hybridized carbons (Fsp3) is 1.00. The summed E-state index contributed by atoms with van der Waals surface area (Å²) in [6.07, 6.45) is 20.3. The highest BCUT2D eigenvalue weighted by molar-refractivity contribution is 4.51. The molecule has 0 heterocycles. The van der Waals surface area contributed by atoms with E-state index in [9.17, 15) is 0 Å². The molecule has 0 aromatic heterocycles. The van der Waals surface area contributed by atoms with Crippen molar-refractivity contribution in [1.29, 1.82) is 0 Å². The Kier molecular flexibility index (Phi) is 18.0. The van der Waals surface area contributed by atoms with E-state index in [-0.39, 0.29) is 0 Å². The Morgan fingerprint density at radius 3 is 1.33 bits per heavy atom. The Morgan fingerprint density at radius 1 is 0.571 bits per heavy atom. The average molecular weight is 298 g/mol. The summed E-state index contributed by atoms with van der Waals surface area (Å²) in [5, 5.41) is 3.40. The Labute approximate surface area is 135 Å². The van der Waals surface area contributed by atoms with E-state index in [2.05, 4.69) is 26.1 Å². The standard InChI is InChI=1S/C20H43N/c1-4-21-19-17-15-13-11-9-7-5-6-8-10-12-14-16-18-20(2)3/h20-21H,4-19H2,1-3H3. The molecule has 0 rings (SSSR count). The molecule has 1 heteroatoms. The van der Waals surface area contributed by atoms with Gasteiger partial charge in [0.2, 0.25) is 0 Å². The third-order valence-corrected chi connectivity index (χ3v) is 4.39. The molecule has 0 aliphatic rings. The topological polar surface area (TPSA) is 12.0 Å². The summed E-state index contributed by atoms with van der Waals surface area (Å²) in [5.74, 6) is 0.896. The van der Waals surface area contributed by atoms with Gasteiger partial charge in [0.25, 0.3) is 0 Å². The molecule has 0 unspecified atom stereocenters. The van der Waals surface area contributed by atoms with Crippen LogP contribution in [0.5, 0.6) is 0 Å². The van der Waals surface area contributed by atoms with Crippen LogP contribution in [-0.4, -0.2) is 13.1 Å². The van der Waals surface area contributed by atoms with Crippen molar-refractivity contribution in [2.24, 2.45) is 5.92 Å². The van der Waals surface area contributed by atoms with Crippen LogP contribution in [0.2, 0.25) is 0 Å². The van der Waals surface area contributed by atoms with Crippen LogP contribution in [0.25, 0.3) is 0 Å². The average Bonchev–Trinajstić information content (AvgIpc) is 2.46. The molecule has 0 saturated heterocycles. The number of rotatable bonds is 17. The van der Waals surface area contributed by atoms with E-state index in [0.717, 1.165) is 12.5 Å². The van der Waals surface area contributed by atoms with Crippen LogP contribution in [0.15, 0.2) is 0 Å². The molecular weight excluding hydrogens is 254 g/mol. The normalized spacial score (nSPS) is 11.4. The van der Waals surface area contributed by atoms with Gasteiger partial charge in [-0.05, 0) is 25.4 Å². The molecule has 0 aliphatic carbocycles. The first kappa shape index (κ1) is 21.0. The Morgan fingerprint density at radius 2 is 0.952 bits per heavy atom. The second kappa shape index (κ2) is 18.0. The van der Waals surface area contributed by atoms with Crippen molar-refractivity contribution in [1.82, 2.24) is 5.32 Å². The van der Waals surface area contributed by atoms with Gasteiger partial charge in [-0.3, -0.25) is 0 Å². The highest BCUT2D eigenvalue weighted by Gasteiger charge is 1.96. The second-order valence-corrected chi connectivity index (χ2v) is 7.13. The molecule has 0 radical (unpaired) electrons. The summed E-state index contributed by atoms with van der Waals surface area (Å²) < 4.78 is 0. The molecule has 0 fully saturated rings. The van der Waals surface area contributed by atoms with Crippen molar-refractivity contribution in [3.05, 3.63) is 0 Å². The lowest BCUT2D eigenvalue weighted by Crippen LogP contribution is -2.13. The molecule has 128 valence electrons. The first-order chi connectivity index (χ1) is 10.3. The molecular formula is C20H43N. The zero-order chi connectivity index (χ0) is 15.6. The van der Waals surface area contributed by atoms with Gasteiger partial charge >= 0.3 is 0 Å². The lowest BCUT2D eigenvalue weighted by atomic mass is 10.0. The number of hydrogen-bond acceptors (Lipinski definition) is 1. The van der Waals surface area contributed by atoms with E-state index in [1.807, 2.05) is 0 Å². The van der Waals surface area contributed by atoms with Gasteiger partial charge in [-0.1, -0.05) is 104 Å². The molecule has 0 amide bonds.